The maximum absolute atomic E-state index is 12.2. The number of carboxylic acid groups (broad SMARTS) is 1. The van der Waals surface area contributed by atoms with Gasteiger partial charge in [-0.1, -0.05) is 12.8 Å². The number of hydrogen-bond donors (Lipinski definition) is 2. The van der Waals surface area contributed by atoms with Crippen LogP contribution in [0.5, 0.6) is 0 Å². The molecule has 0 unspecified atom stereocenters. The van der Waals surface area contributed by atoms with Crippen LogP contribution < -0.4 is 5.32 Å². The highest BCUT2D eigenvalue weighted by Gasteiger charge is 2.51. The lowest BCUT2D eigenvalue weighted by molar-refractivity contribution is -0.140. The van der Waals surface area contributed by atoms with Gasteiger partial charge in [-0.2, -0.15) is 0 Å². The molecule has 6 heteroatoms. The molecule has 1 aromatic rings. The molecule has 2 atom stereocenters. The lowest BCUT2D eigenvalue weighted by Gasteiger charge is -2.28. The molecule has 2 saturated carbocycles. The zero-order valence-electron chi connectivity index (χ0n) is 10.5. The largest absolute Gasteiger partial charge is 0.481 e. The molecule has 0 aliphatic heterocycles. The van der Waals surface area contributed by atoms with E-state index in [0.29, 0.717) is 6.42 Å². The summed E-state index contributed by atoms with van der Waals surface area (Å²) >= 11 is 1.56. The van der Waals surface area contributed by atoms with Gasteiger partial charge in [-0.25, -0.2) is 4.98 Å². The van der Waals surface area contributed by atoms with Crippen LogP contribution in [0.25, 0.3) is 0 Å². The molecule has 1 amide bonds. The number of aromatic nitrogens is 1. The van der Waals surface area contributed by atoms with E-state index >= 15 is 0 Å². The number of carboxylic acids is 1. The Hall–Kier alpha value is -1.43. The first-order valence-electron chi connectivity index (χ1n) is 6.57. The zero-order chi connectivity index (χ0) is 13.5. The summed E-state index contributed by atoms with van der Waals surface area (Å²) in [6, 6.07) is 0. The fraction of sp³-hybridized carbons (Fsp3) is 0.615. The van der Waals surface area contributed by atoms with Crippen LogP contribution in [-0.2, 0) is 15.1 Å². The lowest BCUT2D eigenvalue weighted by Crippen LogP contribution is -2.44. The fourth-order valence-corrected chi connectivity index (χ4v) is 3.77. The van der Waals surface area contributed by atoms with E-state index < -0.39 is 11.9 Å². The van der Waals surface area contributed by atoms with Crippen molar-refractivity contribution in [2.45, 2.75) is 37.6 Å². The number of rotatable bonds is 4. The Balaban J connectivity index is 1.73. The summed E-state index contributed by atoms with van der Waals surface area (Å²) in [5, 5.41) is 14.8. The number of carbonyl (C=O) groups is 2. The van der Waals surface area contributed by atoms with Gasteiger partial charge < -0.3 is 10.4 Å². The minimum atomic E-state index is -0.866. The SMILES string of the molecule is O=C(O)[C@H]1C[C@@H]1C(=O)NC1(c2nccs2)CCCC1. The van der Waals surface area contributed by atoms with E-state index in [1.165, 1.54) is 0 Å². The van der Waals surface area contributed by atoms with Crippen LogP contribution in [0.4, 0.5) is 0 Å². The minimum Gasteiger partial charge on any atom is -0.481 e. The van der Waals surface area contributed by atoms with Gasteiger partial charge in [0.2, 0.25) is 5.91 Å². The third kappa shape index (κ3) is 2.25. The second-order valence-corrected chi connectivity index (χ2v) is 6.30. The molecule has 2 aliphatic carbocycles. The average molecular weight is 280 g/mol. The number of amides is 1. The van der Waals surface area contributed by atoms with Crippen molar-refractivity contribution in [3.8, 4) is 0 Å². The summed E-state index contributed by atoms with van der Waals surface area (Å²) in [4.78, 5) is 27.4. The summed E-state index contributed by atoms with van der Waals surface area (Å²) in [7, 11) is 0. The Morgan fingerprint density at radius 1 is 1.37 bits per heavy atom. The van der Waals surface area contributed by atoms with Crippen molar-refractivity contribution in [2.24, 2.45) is 11.8 Å². The van der Waals surface area contributed by atoms with Crippen molar-refractivity contribution >= 4 is 23.2 Å². The molecule has 0 spiro atoms. The smallest absolute Gasteiger partial charge is 0.307 e. The van der Waals surface area contributed by atoms with Crippen molar-refractivity contribution in [2.75, 3.05) is 0 Å². The molecule has 0 aromatic carbocycles. The van der Waals surface area contributed by atoms with Crippen LogP contribution in [0, 0.1) is 11.8 Å². The molecule has 0 radical (unpaired) electrons. The molecule has 19 heavy (non-hydrogen) atoms. The van der Waals surface area contributed by atoms with Crippen LogP contribution in [-0.4, -0.2) is 22.0 Å². The number of hydrogen-bond acceptors (Lipinski definition) is 4. The first-order valence-corrected chi connectivity index (χ1v) is 7.45. The van der Waals surface area contributed by atoms with Gasteiger partial charge in [0.1, 0.15) is 5.01 Å². The third-order valence-corrected chi connectivity index (χ3v) is 5.08. The highest BCUT2D eigenvalue weighted by molar-refractivity contribution is 7.09. The van der Waals surface area contributed by atoms with E-state index in [1.54, 1.807) is 17.5 Å². The van der Waals surface area contributed by atoms with Gasteiger partial charge in [0.05, 0.1) is 17.4 Å². The Bertz CT molecular complexity index is 494. The van der Waals surface area contributed by atoms with E-state index in [4.69, 9.17) is 5.11 Å². The molecular formula is C13H16N2O3S. The quantitative estimate of drug-likeness (QED) is 0.880. The number of nitrogens with zero attached hydrogens (tertiary/aromatic N) is 1. The molecular weight excluding hydrogens is 264 g/mol. The summed E-state index contributed by atoms with van der Waals surface area (Å²) in [6.07, 6.45) is 6.17. The van der Waals surface area contributed by atoms with E-state index in [-0.39, 0.29) is 17.4 Å². The standard InChI is InChI=1S/C13H16N2O3S/c16-10(8-7-9(8)11(17)18)15-13(3-1-2-4-13)12-14-5-6-19-12/h5-6,8-9H,1-4,7H2,(H,15,16)(H,17,18)/t8-,9-/m0/s1. The van der Waals surface area contributed by atoms with Crippen molar-refractivity contribution in [3.63, 3.8) is 0 Å². The van der Waals surface area contributed by atoms with Gasteiger partial charge in [-0.3, -0.25) is 9.59 Å². The Morgan fingerprint density at radius 3 is 2.63 bits per heavy atom. The highest BCUT2D eigenvalue weighted by atomic mass is 32.1. The summed E-state index contributed by atoms with van der Waals surface area (Å²) in [6.45, 7) is 0. The van der Waals surface area contributed by atoms with Crippen LogP contribution in [0.2, 0.25) is 0 Å². The summed E-state index contributed by atoms with van der Waals surface area (Å²) in [5.74, 6) is -1.83. The van der Waals surface area contributed by atoms with Crippen LogP contribution in [0.1, 0.15) is 37.1 Å². The van der Waals surface area contributed by atoms with Crippen molar-refractivity contribution in [3.05, 3.63) is 16.6 Å². The number of thiazole rings is 1. The first-order chi connectivity index (χ1) is 9.12. The maximum atomic E-state index is 12.2. The highest BCUT2D eigenvalue weighted by Crippen LogP contribution is 2.43. The maximum Gasteiger partial charge on any atom is 0.307 e. The van der Waals surface area contributed by atoms with Gasteiger partial charge in [0.25, 0.3) is 0 Å². The van der Waals surface area contributed by atoms with Crippen molar-refractivity contribution in [1.29, 1.82) is 0 Å². The Kier molecular flexibility index (Phi) is 3.05. The zero-order valence-corrected chi connectivity index (χ0v) is 11.3. The van der Waals surface area contributed by atoms with Crippen molar-refractivity contribution < 1.29 is 14.7 Å². The molecule has 0 bridgehead atoms. The number of carbonyl (C=O) groups excluding carboxylic acids is 1. The molecule has 2 N–H and O–H groups in total. The monoisotopic (exact) mass is 280 g/mol. The van der Waals surface area contributed by atoms with Gasteiger partial charge in [-0.15, -0.1) is 11.3 Å². The van der Waals surface area contributed by atoms with E-state index in [1.807, 2.05) is 5.38 Å². The molecule has 2 fully saturated rings. The second-order valence-electron chi connectivity index (χ2n) is 5.40. The molecule has 3 rings (SSSR count). The number of nitrogens with one attached hydrogen (secondary N) is 1. The topological polar surface area (TPSA) is 79.3 Å². The van der Waals surface area contributed by atoms with Gasteiger partial charge >= 0.3 is 5.97 Å². The minimum absolute atomic E-state index is 0.121. The second kappa shape index (κ2) is 4.59. The van der Waals surface area contributed by atoms with Gasteiger partial charge in [0.15, 0.2) is 0 Å². The van der Waals surface area contributed by atoms with Gasteiger partial charge in [-0.05, 0) is 19.3 Å². The predicted molar refractivity (Wildman–Crippen MR) is 69.6 cm³/mol. The molecule has 102 valence electrons. The normalized spacial score (nSPS) is 28.0. The van der Waals surface area contributed by atoms with E-state index in [2.05, 4.69) is 10.3 Å². The van der Waals surface area contributed by atoms with E-state index in [0.717, 1.165) is 30.7 Å². The average Bonchev–Trinajstić information content (AvgIpc) is 2.79. The summed E-state index contributed by atoms with van der Waals surface area (Å²) in [5.41, 5.74) is -0.350. The lowest BCUT2D eigenvalue weighted by atomic mass is 9.98. The predicted octanol–water partition coefficient (Wildman–Crippen LogP) is 1.75. The van der Waals surface area contributed by atoms with E-state index in [9.17, 15) is 9.59 Å². The molecule has 5 nitrogen and oxygen atoms in total. The van der Waals surface area contributed by atoms with Crippen LogP contribution >= 0.6 is 11.3 Å². The number of aliphatic carboxylic acids is 1. The summed E-state index contributed by atoms with van der Waals surface area (Å²) < 4.78 is 0. The van der Waals surface area contributed by atoms with Crippen LogP contribution in [0.3, 0.4) is 0 Å². The molecule has 0 saturated heterocycles. The third-order valence-electron chi connectivity index (χ3n) is 4.11. The van der Waals surface area contributed by atoms with Crippen molar-refractivity contribution in [1.82, 2.24) is 10.3 Å². The van der Waals surface area contributed by atoms with Crippen LogP contribution in [0.15, 0.2) is 11.6 Å². The molecule has 2 aliphatic rings. The first kappa shape index (κ1) is 12.6. The molecule has 1 aromatic heterocycles. The van der Waals surface area contributed by atoms with Gasteiger partial charge in [0, 0.05) is 11.6 Å². The fourth-order valence-electron chi connectivity index (χ4n) is 2.92. The molecule has 1 heterocycles. The Morgan fingerprint density at radius 2 is 2.11 bits per heavy atom. The Labute approximate surface area is 115 Å².